The molecule has 0 spiro atoms. The lowest BCUT2D eigenvalue weighted by Crippen LogP contribution is -1.86. The molecule has 1 aliphatic carbocycles. The Bertz CT molecular complexity index is 306. The van der Waals surface area contributed by atoms with Crippen molar-refractivity contribution in [2.45, 2.75) is 20.3 Å². The summed E-state index contributed by atoms with van der Waals surface area (Å²) < 4.78 is 0. The third kappa shape index (κ3) is 2.59. The molecule has 0 atom stereocenters. The van der Waals surface area contributed by atoms with E-state index in [-0.39, 0.29) is 0 Å². The second-order valence-electron chi connectivity index (χ2n) is 3.46. The van der Waals surface area contributed by atoms with Gasteiger partial charge in [-0.3, -0.25) is 0 Å². The standard InChI is InChI=1S/C13H16/c1-10(2)13(11(3)4)9-12-7-5-6-8-12/h5,7-9H,1,3,6H2,2,4H3. The van der Waals surface area contributed by atoms with Crippen molar-refractivity contribution < 1.29 is 0 Å². The first-order valence-electron chi connectivity index (χ1n) is 4.51. The van der Waals surface area contributed by atoms with Crippen molar-refractivity contribution in [2.75, 3.05) is 0 Å². The van der Waals surface area contributed by atoms with Gasteiger partial charge in [0.2, 0.25) is 0 Å². The highest BCUT2D eigenvalue weighted by Crippen LogP contribution is 2.20. The summed E-state index contributed by atoms with van der Waals surface area (Å²) in [6.45, 7) is 11.9. The summed E-state index contributed by atoms with van der Waals surface area (Å²) in [7, 11) is 0. The zero-order chi connectivity index (χ0) is 9.84. The van der Waals surface area contributed by atoms with Gasteiger partial charge in [0.05, 0.1) is 0 Å². The third-order valence-electron chi connectivity index (χ3n) is 2.03. The number of rotatable bonds is 3. The summed E-state index contributed by atoms with van der Waals surface area (Å²) in [5.41, 5.74) is 4.58. The SMILES string of the molecule is C=C(C)C(=CC1=CCC=C1)C(=C)C. The van der Waals surface area contributed by atoms with E-state index in [4.69, 9.17) is 0 Å². The zero-order valence-corrected chi connectivity index (χ0v) is 8.43. The lowest BCUT2D eigenvalue weighted by atomic mass is 10.0. The van der Waals surface area contributed by atoms with Gasteiger partial charge in [0.1, 0.15) is 0 Å². The Morgan fingerprint density at radius 2 is 1.92 bits per heavy atom. The van der Waals surface area contributed by atoms with Crippen LogP contribution >= 0.6 is 0 Å². The summed E-state index contributed by atoms with van der Waals surface area (Å²) in [4.78, 5) is 0. The van der Waals surface area contributed by atoms with Gasteiger partial charge in [-0.05, 0) is 37.5 Å². The van der Waals surface area contributed by atoms with E-state index in [1.807, 2.05) is 13.8 Å². The molecule has 0 N–H and O–H groups in total. The fraction of sp³-hybridized carbons (Fsp3) is 0.231. The maximum Gasteiger partial charge on any atom is -0.0157 e. The van der Waals surface area contributed by atoms with Crippen molar-refractivity contribution in [3.05, 3.63) is 59.8 Å². The van der Waals surface area contributed by atoms with Gasteiger partial charge in [-0.2, -0.15) is 0 Å². The average Bonchev–Trinajstić information content (AvgIpc) is 2.50. The van der Waals surface area contributed by atoms with Gasteiger partial charge in [0.25, 0.3) is 0 Å². The second-order valence-corrected chi connectivity index (χ2v) is 3.46. The molecule has 68 valence electrons. The Hall–Kier alpha value is -1.30. The van der Waals surface area contributed by atoms with Crippen molar-refractivity contribution in [1.29, 1.82) is 0 Å². The molecule has 0 saturated carbocycles. The Labute approximate surface area is 80.7 Å². The molecule has 0 nitrogen and oxygen atoms in total. The fourth-order valence-electron chi connectivity index (χ4n) is 1.36. The van der Waals surface area contributed by atoms with Crippen LogP contribution in [0.5, 0.6) is 0 Å². The molecule has 1 aliphatic rings. The van der Waals surface area contributed by atoms with Gasteiger partial charge in [-0.25, -0.2) is 0 Å². The lowest BCUT2D eigenvalue weighted by molar-refractivity contribution is 1.33. The van der Waals surface area contributed by atoms with Crippen molar-refractivity contribution in [3.63, 3.8) is 0 Å². The number of hydrogen-bond donors (Lipinski definition) is 0. The predicted octanol–water partition coefficient (Wildman–Crippen LogP) is 3.95. The van der Waals surface area contributed by atoms with Crippen molar-refractivity contribution >= 4 is 0 Å². The Balaban J connectivity index is 2.93. The fourth-order valence-corrected chi connectivity index (χ4v) is 1.36. The highest BCUT2D eigenvalue weighted by molar-refractivity contribution is 5.49. The van der Waals surface area contributed by atoms with Crippen LogP contribution in [-0.4, -0.2) is 0 Å². The molecule has 0 heteroatoms. The molecule has 13 heavy (non-hydrogen) atoms. The molecule has 0 aliphatic heterocycles. The molecule has 1 rings (SSSR count). The largest absolute Gasteiger partial charge is 0.0955 e. The topological polar surface area (TPSA) is 0 Å². The van der Waals surface area contributed by atoms with Crippen LogP contribution in [0.2, 0.25) is 0 Å². The van der Waals surface area contributed by atoms with Gasteiger partial charge >= 0.3 is 0 Å². The Morgan fingerprint density at radius 3 is 2.31 bits per heavy atom. The molecule has 0 aromatic rings. The van der Waals surface area contributed by atoms with Crippen LogP contribution in [0.15, 0.2) is 59.8 Å². The van der Waals surface area contributed by atoms with Crippen LogP contribution in [0.3, 0.4) is 0 Å². The zero-order valence-electron chi connectivity index (χ0n) is 8.43. The monoisotopic (exact) mass is 172 g/mol. The molecule has 0 radical (unpaired) electrons. The van der Waals surface area contributed by atoms with Crippen LogP contribution in [-0.2, 0) is 0 Å². The third-order valence-corrected chi connectivity index (χ3v) is 2.03. The van der Waals surface area contributed by atoms with Crippen LogP contribution in [0.25, 0.3) is 0 Å². The van der Waals surface area contributed by atoms with Gasteiger partial charge < -0.3 is 0 Å². The predicted molar refractivity (Wildman–Crippen MR) is 59.6 cm³/mol. The quantitative estimate of drug-likeness (QED) is 0.565. The summed E-state index contributed by atoms with van der Waals surface area (Å²) in [6.07, 6.45) is 9.68. The first-order valence-corrected chi connectivity index (χ1v) is 4.51. The minimum Gasteiger partial charge on any atom is -0.0955 e. The van der Waals surface area contributed by atoms with E-state index < -0.39 is 0 Å². The molecule has 0 unspecified atom stereocenters. The molecule has 0 amide bonds. The lowest BCUT2D eigenvalue weighted by Gasteiger charge is -2.05. The molecule has 0 heterocycles. The number of hydrogen-bond acceptors (Lipinski definition) is 0. The van der Waals surface area contributed by atoms with Crippen LogP contribution in [0.4, 0.5) is 0 Å². The summed E-state index contributed by atoms with van der Waals surface area (Å²) in [5.74, 6) is 0. The summed E-state index contributed by atoms with van der Waals surface area (Å²) in [5, 5.41) is 0. The highest BCUT2D eigenvalue weighted by Gasteiger charge is 2.01. The maximum atomic E-state index is 3.94. The minimum absolute atomic E-state index is 1.05. The second kappa shape index (κ2) is 4.08. The van der Waals surface area contributed by atoms with Gasteiger partial charge in [-0.15, -0.1) is 0 Å². The van der Waals surface area contributed by atoms with Gasteiger partial charge in [-0.1, -0.05) is 42.5 Å². The number of allylic oxidation sites excluding steroid dienone is 8. The van der Waals surface area contributed by atoms with Gasteiger partial charge in [0.15, 0.2) is 0 Å². The van der Waals surface area contributed by atoms with E-state index in [9.17, 15) is 0 Å². The van der Waals surface area contributed by atoms with Crippen LogP contribution < -0.4 is 0 Å². The molecule has 0 aromatic heterocycles. The maximum absolute atomic E-state index is 3.94. The Kier molecular flexibility index (Phi) is 3.07. The van der Waals surface area contributed by atoms with E-state index in [0.29, 0.717) is 0 Å². The normalized spacial score (nSPS) is 13.8. The molecular formula is C13H16. The Morgan fingerprint density at radius 1 is 1.31 bits per heavy atom. The molecule has 0 bridgehead atoms. The highest BCUT2D eigenvalue weighted by atomic mass is 14.1. The van der Waals surface area contributed by atoms with E-state index >= 15 is 0 Å². The first-order chi connectivity index (χ1) is 6.11. The van der Waals surface area contributed by atoms with Gasteiger partial charge in [0, 0.05) is 0 Å². The first kappa shape index (κ1) is 9.79. The average molecular weight is 172 g/mol. The summed E-state index contributed by atoms with van der Waals surface area (Å²) >= 11 is 0. The molecule has 0 aromatic carbocycles. The smallest absolute Gasteiger partial charge is 0.0157 e. The van der Waals surface area contributed by atoms with E-state index in [2.05, 4.69) is 37.5 Å². The minimum atomic E-state index is 1.05. The summed E-state index contributed by atoms with van der Waals surface area (Å²) in [6, 6.07) is 0. The van der Waals surface area contributed by atoms with Crippen LogP contribution in [0, 0.1) is 0 Å². The molecular weight excluding hydrogens is 156 g/mol. The molecule has 0 fully saturated rings. The van der Waals surface area contributed by atoms with Crippen molar-refractivity contribution in [3.8, 4) is 0 Å². The van der Waals surface area contributed by atoms with E-state index in [0.717, 1.165) is 23.1 Å². The van der Waals surface area contributed by atoms with Crippen molar-refractivity contribution in [1.82, 2.24) is 0 Å². The molecule has 0 saturated heterocycles. The van der Waals surface area contributed by atoms with E-state index in [1.54, 1.807) is 0 Å². The van der Waals surface area contributed by atoms with Crippen molar-refractivity contribution in [2.24, 2.45) is 0 Å². The van der Waals surface area contributed by atoms with Crippen LogP contribution in [0.1, 0.15) is 20.3 Å². The van der Waals surface area contributed by atoms with E-state index in [1.165, 1.54) is 5.57 Å².